The predicted molar refractivity (Wildman–Crippen MR) is 94.5 cm³/mol. The van der Waals surface area contributed by atoms with Crippen molar-refractivity contribution < 1.29 is 4.74 Å². The molecule has 0 amide bonds. The van der Waals surface area contributed by atoms with Crippen molar-refractivity contribution in [1.82, 2.24) is 10.2 Å². The molecule has 5 heteroatoms. The quantitative estimate of drug-likeness (QED) is 0.919. The molecular formula is C17H28ClN3O. The summed E-state index contributed by atoms with van der Waals surface area (Å²) in [7, 11) is 1.73. The number of anilines is 1. The molecule has 1 atom stereocenters. The molecule has 4 nitrogen and oxygen atoms in total. The first-order chi connectivity index (χ1) is 10.3. The minimum atomic E-state index is 0. The molecule has 0 radical (unpaired) electrons. The molecule has 0 bridgehead atoms. The van der Waals surface area contributed by atoms with Gasteiger partial charge in [0.1, 0.15) is 5.75 Å². The standard InChI is InChI=1S/C17H27N3O.ClH/c1-21-17-6-2-5-16(12-17)20-10-8-19(9-11-20)14-15-4-3-7-18-13-15;/h2,5-6,12,15,18H,3-4,7-11,13-14H2,1H3;1H. The molecule has 2 aliphatic heterocycles. The molecule has 1 aromatic carbocycles. The first-order valence-electron chi connectivity index (χ1n) is 8.17. The van der Waals surface area contributed by atoms with Crippen LogP contribution in [0.1, 0.15) is 12.8 Å². The van der Waals surface area contributed by atoms with Gasteiger partial charge in [-0.05, 0) is 44.0 Å². The fourth-order valence-corrected chi connectivity index (χ4v) is 3.44. The Labute approximate surface area is 140 Å². The highest BCUT2D eigenvalue weighted by molar-refractivity contribution is 5.85. The van der Waals surface area contributed by atoms with Crippen LogP contribution < -0.4 is 15.0 Å². The summed E-state index contributed by atoms with van der Waals surface area (Å²) in [4.78, 5) is 5.10. The molecule has 1 aromatic rings. The molecule has 124 valence electrons. The van der Waals surface area contributed by atoms with E-state index >= 15 is 0 Å². The fraction of sp³-hybridized carbons (Fsp3) is 0.647. The Hall–Kier alpha value is -0.970. The van der Waals surface area contributed by atoms with Crippen molar-refractivity contribution in [2.45, 2.75) is 12.8 Å². The topological polar surface area (TPSA) is 27.7 Å². The lowest BCUT2D eigenvalue weighted by Crippen LogP contribution is -2.49. The third-order valence-corrected chi connectivity index (χ3v) is 4.71. The molecule has 1 N–H and O–H groups in total. The molecule has 22 heavy (non-hydrogen) atoms. The van der Waals surface area contributed by atoms with Crippen molar-refractivity contribution in [3.8, 4) is 5.75 Å². The van der Waals surface area contributed by atoms with Crippen LogP contribution in [-0.2, 0) is 0 Å². The Morgan fingerprint density at radius 1 is 1.23 bits per heavy atom. The van der Waals surface area contributed by atoms with Crippen LogP contribution in [0.2, 0.25) is 0 Å². The Morgan fingerprint density at radius 2 is 2.05 bits per heavy atom. The number of piperidine rings is 1. The van der Waals surface area contributed by atoms with Gasteiger partial charge in [0.2, 0.25) is 0 Å². The highest BCUT2D eigenvalue weighted by Gasteiger charge is 2.21. The van der Waals surface area contributed by atoms with Gasteiger partial charge < -0.3 is 15.0 Å². The number of benzene rings is 1. The number of nitrogens with zero attached hydrogens (tertiary/aromatic N) is 2. The van der Waals surface area contributed by atoms with Crippen LogP contribution in [0.4, 0.5) is 5.69 Å². The van der Waals surface area contributed by atoms with E-state index in [-0.39, 0.29) is 12.4 Å². The molecular weight excluding hydrogens is 298 g/mol. The molecule has 0 aliphatic carbocycles. The van der Waals surface area contributed by atoms with E-state index in [1.165, 1.54) is 51.3 Å². The zero-order valence-electron chi connectivity index (χ0n) is 13.5. The van der Waals surface area contributed by atoms with Crippen LogP contribution in [0.25, 0.3) is 0 Å². The van der Waals surface area contributed by atoms with E-state index in [0.717, 1.165) is 24.8 Å². The van der Waals surface area contributed by atoms with Crippen molar-refractivity contribution in [1.29, 1.82) is 0 Å². The van der Waals surface area contributed by atoms with Crippen LogP contribution in [0.5, 0.6) is 5.75 Å². The monoisotopic (exact) mass is 325 g/mol. The molecule has 0 spiro atoms. The molecule has 1 unspecified atom stereocenters. The summed E-state index contributed by atoms with van der Waals surface area (Å²) in [6.07, 6.45) is 2.73. The van der Waals surface area contributed by atoms with Crippen LogP contribution >= 0.6 is 12.4 Å². The number of nitrogens with one attached hydrogen (secondary N) is 1. The first kappa shape index (κ1) is 17.4. The van der Waals surface area contributed by atoms with E-state index in [1.54, 1.807) is 7.11 Å². The molecule has 2 aliphatic rings. The van der Waals surface area contributed by atoms with Gasteiger partial charge in [0.05, 0.1) is 7.11 Å². The van der Waals surface area contributed by atoms with Crippen molar-refractivity contribution in [2.75, 3.05) is 57.8 Å². The maximum atomic E-state index is 5.32. The summed E-state index contributed by atoms with van der Waals surface area (Å²) >= 11 is 0. The van der Waals surface area contributed by atoms with E-state index in [2.05, 4.69) is 33.3 Å². The van der Waals surface area contributed by atoms with E-state index < -0.39 is 0 Å². The minimum absolute atomic E-state index is 0. The van der Waals surface area contributed by atoms with Gasteiger partial charge in [-0.3, -0.25) is 4.90 Å². The third-order valence-electron chi connectivity index (χ3n) is 4.71. The normalized spacial score (nSPS) is 23.0. The lowest BCUT2D eigenvalue weighted by atomic mass is 9.99. The zero-order chi connectivity index (χ0) is 14.5. The van der Waals surface area contributed by atoms with Crippen LogP contribution in [0, 0.1) is 5.92 Å². The van der Waals surface area contributed by atoms with Gasteiger partial charge >= 0.3 is 0 Å². The Kier molecular flexibility index (Phi) is 6.80. The minimum Gasteiger partial charge on any atom is -0.497 e. The second kappa shape index (κ2) is 8.61. The average molecular weight is 326 g/mol. The molecule has 2 saturated heterocycles. The predicted octanol–water partition coefficient (Wildman–Crippen LogP) is 2.24. The summed E-state index contributed by atoms with van der Waals surface area (Å²) in [5.41, 5.74) is 1.29. The summed E-state index contributed by atoms with van der Waals surface area (Å²) in [6, 6.07) is 8.41. The van der Waals surface area contributed by atoms with Gasteiger partial charge in [-0.15, -0.1) is 12.4 Å². The summed E-state index contributed by atoms with van der Waals surface area (Å²) in [5.74, 6) is 1.80. The zero-order valence-corrected chi connectivity index (χ0v) is 14.3. The van der Waals surface area contributed by atoms with Crippen molar-refractivity contribution in [3.63, 3.8) is 0 Å². The summed E-state index contributed by atoms with van der Waals surface area (Å²) < 4.78 is 5.32. The lowest BCUT2D eigenvalue weighted by Gasteiger charge is -2.38. The Morgan fingerprint density at radius 3 is 2.73 bits per heavy atom. The van der Waals surface area contributed by atoms with Crippen LogP contribution in [0.15, 0.2) is 24.3 Å². The van der Waals surface area contributed by atoms with Gasteiger partial charge in [0, 0.05) is 44.5 Å². The van der Waals surface area contributed by atoms with Gasteiger partial charge in [0.15, 0.2) is 0 Å². The van der Waals surface area contributed by atoms with Crippen LogP contribution in [-0.4, -0.2) is 57.8 Å². The van der Waals surface area contributed by atoms with Crippen molar-refractivity contribution in [3.05, 3.63) is 24.3 Å². The number of methoxy groups -OCH3 is 1. The summed E-state index contributed by atoms with van der Waals surface area (Å²) in [6.45, 7) is 8.26. The average Bonchev–Trinajstić information content (AvgIpc) is 2.56. The maximum absolute atomic E-state index is 5.32. The number of ether oxygens (including phenoxy) is 1. The Bertz CT molecular complexity index is 443. The number of hydrogen-bond donors (Lipinski definition) is 1. The van der Waals surface area contributed by atoms with E-state index in [0.29, 0.717) is 0 Å². The van der Waals surface area contributed by atoms with Gasteiger partial charge in [-0.1, -0.05) is 6.07 Å². The highest BCUT2D eigenvalue weighted by Crippen LogP contribution is 2.22. The first-order valence-corrected chi connectivity index (χ1v) is 8.17. The molecule has 0 aromatic heterocycles. The van der Waals surface area contributed by atoms with Crippen molar-refractivity contribution in [2.24, 2.45) is 5.92 Å². The number of hydrogen-bond acceptors (Lipinski definition) is 4. The van der Waals surface area contributed by atoms with E-state index in [1.807, 2.05) is 6.07 Å². The molecule has 0 saturated carbocycles. The molecule has 2 heterocycles. The maximum Gasteiger partial charge on any atom is 0.120 e. The SMILES string of the molecule is COc1cccc(N2CCN(CC3CCCNC3)CC2)c1.Cl. The van der Waals surface area contributed by atoms with Gasteiger partial charge in [-0.25, -0.2) is 0 Å². The summed E-state index contributed by atoms with van der Waals surface area (Å²) in [5, 5.41) is 3.52. The van der Waals surface area contributed by atoms with Crippen LogP contribution in [0.3, 0.4) is 0 Å². The largest absolute Gasteiger partial charge is 0.497 e. The van der Waals surface area contributed by atoms with Crippen molar-refractivity contribution >= 4 is 18.1 Å². The second-order valence-corrected chi connectivity index (χ2v) is 6.20. The smallest absolute Gasteiger partial charge is 0.120 e. The number of rotatable bonds is 4. The highest BCUT2D eigenvalue weighted by atomic mass is 35.5. The lowest BCUT2D eigenvalue weighted by molar-refractivity contribution is 0.199. The van der Waals surface area contributed by atoms with E-state index in [9.17, 15) is 0 Å². The Balaban J connectivity index is 0.00000176. The third kappa shape index (κ3) is 4.51. The van der Waals surface area contributed by atoms with Gasteiger partial charge in [0.25, 0.3) is 0 Å². The number of halogens is 1. The fourth-order valence-electron chi connectivity index (χ4n) is 3.44. The molecule has 3 rings (SSSR count). The second-order valence-electron chi connectivity index (χ2n) is 6.20. The molecule has 2 fully saturated rings. The van der Waals surface area contributed by atoms with Gasteiger partial charge in [-0.2, -0.15) is 0 Å². The van der Waals surface area contributed by atoms with E-state index in [4.69, 9.17) is 4.74 Å². The number of piperazine rings is 1.